The van der Waals surface area contributed by atoms with Crippen molar-refractivity contribution in [3.8, 4) is 0 Å². The SMILES string of the molecule is OB(O)c1cccc(CN2CCC(N3CCCCC3)C2)c1. The summed E-state index contributed by atoms with van der Waals surface area (Å²) in [5, 5.41) is 18.5. The van der Waals surface area contributed by atoms with E-state index in [2.05, 4.69) is 15.9 Å². The summed E-state index contributed by atoms with van der Waals surface area (Å²) in [6, 6.07) is 8.35. The molecule has 2 N–H and O–H groups in total. The Kier molecular flexibility index (Phi) is 4.96. The van der Waals surface area contributed by atoms with Gasteiger partial charge in [0.05, 0.1) is 0 Å². The first-order valence-corrected chi connectivity index (χ1v) is 8.14. The maximum Gasteiger partial charge on any atom is 0.488 e. The van der Waals surface area contributed by atoms with E-state index >= 15 is 0 Å². The quantitative estimate of drug-likeness (QED) is 0.789. The molecule has 2 saturated heterocycles. The average Bonchev–Trinajstić information content (AvgIpc) is 2.97. The molecule has 0 spiro atoms. The Labute approximate surface area is 127 Å². The Balaban J connectivity index is 1.55. The molecular formula is C16H25BN2O2. The summed E-state index contributed by atoms with van der Waals surface area (Å²) >= 11 is 0. The summed E-state index contributed by atoms with van der Waals surface area (Å²) in [7, 11) is -1.37. The van der Waals surface area contributed by atoms with Gasteiger partial charge in [0.15, 0.2) is 0 Å². The highest BCUT2D eigenvalue weighted by Crippen LogP contribution is 2.21. The number of rotatable bonds is 4. The van der Waals surface area contributed by atoms with Crippen LogP contribution < -0.4 is 5.46 Å². The van der Waals surface area contributed by atoms with Crippen LogP contribution in [-0.4, -0.2) is 59.2 Å². The monoisotopic (exact) mass is 288 g/mol. The maximum absolute atomic E-state index is 9.26. The molecule has 1 atom stereocenters. The van der Waals surface area contributed by atoms with Crippen LogP contribution in [0.2, 0.25) is 0 Å². The molecule has 2 aliphatic rings. The topological polar surface area (TPSA) is 46.9 Å². The fourth-order valence-electron chi connectivity index (χ4n) is 3.65. The van der Waals surface area contributed by atoms with Gasteiger partial charge in [0.25, 0.3) is 0 Å². The fraction of sp³-hybridized carbons (Fsp3) is 0.625. The van der Waals surface area contributed by atoms with Crippen molar-refractivity contribution in [3.63, 3.8) is 0 Å². The van der Waals surface area contributed by atoms with Crippen molar-refractivity contribution in [2.24, 2.45) is 0 Å². The maximum atomic E-state index is 9.26. The molecule has 4 nitrogen and oxygen atoms in total. The van der Waals surface area contributed by atoms with Crippen molar-refractivity contribution in [2.75, 3.05) is 26.2 Å². The van der Waals surface area contributed by atoms with E-state index < -0.39 is 7.12 Å². The molecule has 114 valence electrons. The summed E-state index contributed by atoms with van der Waals surface area (Å²) in [5.74, 6) is 0. The predicted octanol–water partition coefficient (Wildman–Crippen LogP) is 0.427. The Hall–Kier alpha value is -0.875. The molecular weight excluding hydrogens is 263 g/mol. The number of nitrogens with zero attached hydrogens (tertiary/aromatic N) is 2. The molecule has 21 heavy (non-hydrogen) atoms. The molecule has 1 aromatic rings. The minimum Gasteiger partial charge on any atom is -0.423 e. The molecule has 0 amide bonds. The zero-order chi connectivity index (χ0) is 14.7. The highest BCUT2D eigenvalue weighted by atomic mass is 16.4. The fourth-order valence-corrected chi connectivity index (χ4v) is 3.65. The Bertz CT molecular complexity index is 463. The number of piperidine rings is 1. The normalized spacial score (nSPS) is 24.4. The Morgan fingerprint density at radius 3 is 2.67 bits per heavy atom. The van der Waals surface area contributed by atoms with Gasteiger partial charge in [-0.05, 0) is 43.4 Å². The van der Waals surface area contributed by atoms with Gasteiger partial charge in [-0.2, -0.15) is 0 Å². The lowest BCUT2D eigenvalue weighted by Crippen LogP contribution is -2.40. The summed E-state index contributed by atoms with van der Waals surface area (Å²) in [4.78, 5) is 5.15. The first-order chi connectivity index (χ1) is 10.2. The minimum absolute atomic E-state index is 0.583. The van der Waals surface area contributed by atoms with Crippen LogP contribution in [0.1, 0.15) is 31.2 Å². The van der Waals surface area contributed by atoms with Crippen molar-refractivity contribution in [3.05, 3.63) is 29.8 Å². The average molecular weight is 288 g/mol. The molecule has 0 aliphatic carbocycles. The van der Waals surface area contributed by atoms with E-state index in [1.54, 1.807) is 6.07 Å². The Morgan fingerprint density at radius 1 is 1.10 bits per heavy atom. The molecule has 5 heteroatoms. The molecule has 2 fully saturated rings. The third-order valence-corrected chi connectivity index (χ3v) is 4.81. The number of hydrogen-bond donors (Lipinski definition) is 2. The van der Waals surface area contributed by atoms with Crippen LogP contribution in [0.25, 0.3) is 0 Å². The number of benzene rings is 1. The first-order valence-electron chi connectivity index (χ1n) is 8.14. The van der Waals surface area contributed by atoms with E-state index in [4.69, 9.17) is 0 Å². The van der Waals surface area contributed by atoms with Crippen molar-refractivity contribution in [2.45, 2.75) is 38.3 Å². The summed E-state index contributed by atoms with van der Waals surface area (Å²) in [6.45, 7) is 5.74. The number of likely N-dealkylation sites (tertiary alicyclic amines) is 2. The lowest BCUT2D eigenvalue weighted by molar-refractivity contribution is 0.161. The van der Waals surface area contributed by atoms with Crippen molar-refractivity contribution < 1.29 is 10.0 Å². The van der Waals surface area contributed by atoms with Gasteiger partial charge in [-0.25, -0.2) is 0 Å². The van der Waals surface area contributed by atoms with Crippen LogP contribution in [0.15, 0.2) is 24.3 Å². The molecule has 0 saturated carbocycles. The van der Waals surface area contributed by atoms with Crippen LogP contribution in [0.5, 0.6) is 0 Å². The van der Waals surface area contributed by atoms with Crippen molar-refractivity contribution in [1.82, 2.24) is 9.80 Å². The molecule has 0 aromatic heterocycles. The van der Waals surface area contributed by atoms with Gasteiger partial charge in [-0.15, -0.1) is 0 Å². The van der Waals surface area contributed by atoms with E-state index in [-0.39, 0.29) is 0 Å². The second-order valence-corrected chi connectivity index (χ2v) is 6.39. The smallest absolute Gasteiger partial charge is 0.423 e. The van der Waals surface area contributed by atoms with Gasteiger partial charge in [0.2, 0.25) is 0 Å². The molecule has 2 heterocycles. The lowest BCUT2D eigenvalue weighted by Gasteiger charge is -2.32. The summed E-state index contributed by atoms with van der Waals surface area (Å²) in [5.41, 5.74) is 1.75. The third kappa shape index (κ3) is 3.86. The molecule has 3 rings (SSSR count). The van der Waals surface area contributed by atoms with Gasteiger partial charge < -0.3 is 10.0 Å². The largest absolute Gasteiger partial charge is 0.488 e. The minimum atomic E-state index is -1.37. The summed E-state index contributed by atoms with van der Waals surface area (Å²) < 4.78 is 0. The molecule has 0 bridgehead atoms. The Morgan fingerprint density at radius 2 is 1.90 bits per heavy atom. The van der Waals surface area contributed by atoms with Crippen LogP contribution in [0.3, 0.4) is 0 Å². The van der Waals surface area contributed by atoms with Crippen LogP contribution in [0, 0.1) is 0 Å². The number of hydrogen-bond acceptors (Lipinski definition) is 4. The standard InChI is InChI=1S/C16H25BN2O2/c20-17(21)15-6-4-5-14(11-15)12-18-10-7-16(13-18)19-8-2-1-3-9-19/h4-6,11,16,20-21H,1-3,7-10,12-13H2. The van der Waals surface area contributed by atoms with E-state index in [0.717, 1.165) is 25.7 Å². The van der Waals surface area contributed by atoms with Crippen LogP contribution in [0.4, 0.5) is 0 Å². The lowest BCUT2D eigenvalue weighted by atomic mass is 9.79. The zero-order valence-corrected chi connectivity index (χ0v) is 12.6. The van der Waals surface area contributed by atoms with Gasteiger partial charge in [-0.1, -0.05) is 30.7 Å². The second-order valence-electron chi connectivity index (χ2n) is 6.39. The molecule has 0 radical (unpaired) electrons. The van der Waals surface area contributed by atoms with Gasteiger partial charge in [0.1, 0.15) is 0 Å². The highest BCUT2D eigenvalue weighted by molar-refractivity contribution is 6.58. The first kappa shape index (κ1) is 15.0. The predicted molar refractivity (Wildman–Crippen MR) is 85.4 cm³/mol. The third-order valence-electron chi connectivity index (χ3n) is 4.81. The van der Waals surface area contributed by atoms with Gasteiger partial charge >= 0.3 is 7.12 Å². The van der Waals surface area contributed by atoms with Crippen LogP contribution >= 0.6 is 0 Å². The molecule has 1 unspecified atom stereocenters. The van der Waals surface area contributed by atoms with E-state index in [9.17, 15) is 10.0 Å². The molecule has 1 aromatic carbocycles. The van der Waals surface area contributed by atoms with Gasteiger partial charge in [-0.3, -0.25) is 9.80 Å². The molecule has 2 aliphatic heterocycles. The highest BCUT2D eigenvalue weighted by Gasteiger charge is 2.28. The summed E-state index contributed by atoms with van der Waals surface area (Å²) in [6.07, 6.45) is 5.37. The zero-order valence-electron chi connectivity index (χ0n) is 12.6. The second kappa shape index (κ2) is 6.92. The van der Waals surface area contributed by atoms with E-state index in [0.29, 0.717) is 5.46 Å². The van der Waals surface area contributed by atoms with E-state index in [1.165, 1.54) is 44.3 Å². The van der Waals surface area contributed by atoms with Gasteiger partial charge in [0, 0.05) is 25.7 Å². The van der Waals surface area contributed by atoms with Crippen molar-refractivity contribution >= 4 is 12.6 Å². The van der Waals surface area contributed by atoms with Crippen molar-refractivity contribution in [1.29, 1.82) is 0 Å². The van der Waals surface area contributed by atoms with E-state index in [1.807, 2.05) is 12.1 Å². The van der Waals surface area contributed by atoms with Crippen LogP contribution in [-0.2, 0) is 6.54 Å².